The van der Waals surface area contributed by atoms with Gasteiger partial charge in [0.25, 0.3) is 0 Å². The highest BCUT2D eigenvalue weighted by Crippen LogP contribution is 2.21. The number of thiophene rings is 1. The van der Waals surface area contributed by atoms with E-state index in [0.717, 1.165) is 4.88 Å². The topological polar surface area (TPSA) is 49.7 Å². The van der Waals surface area contributed by atoms with Gasteiger partial charge in [0.15, 0.2) is 0 Å². The van der Waals surface area contributed by atoms with Gasteiger partial charge in [-0.2, -0.15) is 0 Å². The molecule has 0 aliphatic carbocycles. The van der Waals surface area contributed by atoms with Gasteiger partial charge in [-0.3, -0.25) is 4.99 Å². The van der Waals surface area contributed by atoms with E-state index in [1.165, 1.54) is 23.5 Å². The third-order valence-electron chi connectivity index (χ3n) is 2.03. The first-order valence-corrected chi connectivity index (χ1v) is 5.97. The number of aromatic carboxylic acids is 1. The number of aliphatic imine (C=N–C) groups is 1. The van der Waals surface area contributed by atoms with Crippen molar-refractivity contribution >= 4 is 40.8 Å². The molecule has 17 heavy (non-hydrogen) atoms. The lowest BCUT2D eigenvalue weighted by Crippen LogP contribution is -1.94. The maximum atomic E-state index is 10.8. The molecular weight excluding hydrogens is 258 g/mol. The van der Waals surface area contributed by atoms with Crippen LogP contribution in [0.3, 0.4) is 0 Å². The molecule has 1 N–H and O–H groups in total. The molecule has 0 atom stereocenters. The Kier molecular flexibility index (Phi) is 3.56. The van der Waals surface area contributed by atoms with Gasteiger partial charge in [0, 0.05) is 11.1 Å². The van der Waals surface area contributed by atoms with Crippen molar-refractivity contribution < 1.29 is 9.90 Å². The normalized spacial score (nSPS) is 10.9. The maximum Gasteiger partial charge on any atom is 0.335 e. The number of nitrogens with zero attached hydrogens (tertiary/aromatic N) is 1. The monoisotopic (exact) mass is 265 g/mol. The van der Waals surface area contributed by atoms with Crippen LogP contribution in [-0.4, -0.2) is 17.3 Å². The van der Waals surface area contributed by atoms with E-state index in [0.29, 0.717) is 10.0 Å². The van der Waals surface area contributed by atoms with Crippen LogP contribution in [0.4, 0.5) is 5.69 Å². The summed E-state index contributed by atoms with van der Waals surface area (Å²) in [5.74, 6) is -0.957. The Labute approximate surface area is 107 Å². The molecule has 0 aliphatic rings. The predicted molar refractivity (Wildman–Crippen MR) is 70.0 cm³/mol. The fraction of sp³-hybridized carbons (Fsp3) is 0. The summed E-state index contributed by atoms with van der Waals surface area (Å²) in [7, 11) is 0. The van der Waals surface area contributed by atoms with Crippen LogP contribution in [0, 0.1) is 0 Å². The molecule has 0 amide bonds. The number of carboxylic acid groups (broad SMARTS) is 1. The summed E-state index contributed by atoms with van der Waals surface area (Å²) in [6.45, 7) is 0. The molecule has 0 bridgehead atoms. The zero-order valence-electron chi connectivity index (χ0n) is 8.63. The third-order valence-corrected chi connectivity index (χ3v) is 3.19. The smallest absolute Gasteiger partial charge is 0.335 e. The summed E-state index contributed by atoms with van der Waals surface area (Å²) in [6.07, 6.45) is 1.66. The molecule has 0 radical (unpaired) electrons. The fourth-order valence-corrected chi connectivity index (χ4v) is 2.19. The first-order valence-electron chi connectivity index (χ1n) is 4.78. The van der Waals surface area contributed by atoms with E-state index in [9.17, 15) is 4.79 Å². The van der Waals surface area contributed by atoms with Crippen molar-refractivity contribution in [1.29, 1.82) is 0 Å². The highest BCUT2D eigenvalue weighted by Gasteiger charge is 2.01. The first kappa shape index (κ1) is 11.8. The fourth-order valence-electron chi connectivity index (χ4n) is 1.26. The van der Waals surface area contributed by atoms with Gasteiger partial charge < -0.3 is 5.11 Å². The van der Waals surface area contributed by atoms with Crippen LogP contribution in [-0.2, 0) is 0 Å². The SMILES string of the molecule is O=C(O)c1cccc(N=Cc2ccc(Cl)s2)c1. The molecule has 0 aliphatic heterocycles. The number of carboxylic acids is 1. The number of halogens is 1. The first-order chi connectivity index (χ1) is 8.15. The highest BCUT2D eigenvalue weighted by atomic mass is 35.5. The Morgan fingerprint density at radius 3 is 2.82 bits per heavy atom. The number of hydrogen-bond acceptors (Lipinski definition) is 3. The maximum absolute atomic E-state index is 10.8. The molecule has 1 heterocycles. The van der Waals surface area contributed by atoms with E-state index in [4.69, 9.17) is 16.7 Å². The minimum Gasteiger partial charge on any atom is -0.478 e. The summed E-state index contributed by atoms with van der Waals surface area (Å²) in [5.41, 5.74) is 0.832. The summed E-state index contributed by atoms with van der Waals surface area (Å²) in [6, 6.07) is 10.1. The van der Waals surface area contributed by atoms with E-state index in [-0.39, 0.29) is 5.56 Å². The third kappa shape index (κ3) is 3.15. The van der Waals surface area contributed by atoms with Crippen molar-refractivity contribution in [2.45, 2.75) is 0 Å². The number of carbonyl (C=O) groups is 1. The standard InChI is InChI=1S/C12H8ClNO2S/c13-11-5-4-10(17-11)7-14-9-3-1-2-8(6-9)12(15)16/h1-7H,(H,15,16). The summed E-state index contributed by atoms with van der Waals surface area (Å²) < 4.78 is 0.700. The lowest BCUT2D eigenvalue weighted by Gasteiger charge is -1.95. The van der Waals surface area contributed by atoms with Crippen molar-refractivity contribution in [2.24, 2.45) is 4.99 Å². The largest absolute Gasteiger partial charge is 0.478 e. The van der Waals surface area contributed by atoms with Gasteiger partial charge >= 0.3 is 5.97 Å². The molecule has 0 spiro atoms. The van der Waals surface area contributed by atoms with Gasteiger partial charge in [0.2, 0.25) is 0 Å². The van der Waals surface area contributed by atoms with Gasteiger partial charge in [-0.1, -0.05) is 17.7 Å². The second-order valence-corrected chi connectivity index (χ2v) is 5.00. The summed E-state index contributed by atoms with van der Waals surface area (Å²) >= 11 is 7.21. The molecule has 86 valence electrons. The van der Waals surface area contributed by atoms with Crippen LogP contribution >= 0.6 is 22.9 Å². The number of benzene rings is 1. The average Bonchev–Trinajstić information content (AvgIpc) is 2.73. The number of hydrogen-bond donors (Lipinski definition) is 1. The molecule has 2 rings (SSSR count). The summed E-state index contributed by atoms with van der Waals surface area (Å²) in [4.78, 5) is 15.9. The molecule has 0 unspecified atom stereocenters. The molecule has 1 aromatic carbocycles. The second kappa shape index (κ2) is 5.12. The molecule has 0 saturated carbocycles. The lowest BCUT2D eigenvalue weighted by atomic mass is 10.2. The molecule has 2 aromatic rings. The lowest BCUT2D eigenvalue weighted by molar-refractivity contribution is 0.0697. The molecule has 5 heteroatoms. The van der Waals surface area contributed by atoms with E-state index >= 15 is 0 Å². The molecule has 0 saturated heterocycles. The van der Waals surface area contributed by atoms with Crippen LogP contribution < -0.4 is 0 Å². The van der Waals surface area contributed by atoms with Crippen molar-refractivity contribution in [3.8, 4) is 0 Å². The van der Waals surface area contributed by atoms with Gasteiger partial charge in [0.05, 0.1) is 15.6 Å². The van der Waals surface area contributed by atoms with Crippen molar-refractivity contribution in [2.75, 3.05) is 0 Å². The van der Waals surface area contributed by atoms with Crippen LogP contribution in [0.25, 0.3) is 0 Å². The van der Waals surface area contributed by atoms with Gasteiger partial charge in [-0.05, 0) is 30.3 Å². The molecule has 3 nitrogen and oxygen atoms in total. The highest BCUT2D eigenvalue weighted by molar-refractivity contribution is 7.17. The van der Waals surface area contributed by atoms with Crippen molar-refractivity contribution in [1.82, 2.24) is 0 Å². The summed E-state index contributed by atoms with van der Waals surface area (Å²) in [5, 5.41) is 8.83. The molecule has 1 aromatic heterocycles. The minimum atomic E-state index is -0.957. The Hall–Kier alpha value is -1.65. The molecule has 0 fully saturated rings. The van der Waals surface area contributed by atoms with E-state index in [1.807, 2.05) is 6.07 Å². The quantitative estimate of drug-likeness (QED) is 0.857. The predicted octanol–water partition coefficient (Wildman–Crippen LogP) is 3.85. The van der Waals surface area contributed by atoms with Crippen LogP contribution in [0.1, 0.15) is 15.2 Å². The van der Waals surface area contributed by atoms with E-state index in [1.54, 1.807) is 24.4 Å². The van der Waals surface area contributed by atoms with Crippen molar-refractivity contribution in [3.05, 3.63) is 51.2 Å². The average molecular weight is 266 g/mol. The van der Waals surface area contributed by atoms with Crippen LogP contribution in [0.2, 0.25) is 4.34 Å². The zero-order valence-corrected chi connectivity index (χ0v) is 10.2. The van der Waals surface area contributed by atoms with E-state index in [2.05, 4.69) is 4.99 Å². The number of rotatable bonds is 3. The Morgan fingerprint density at radius 2 is 2.18 bits per heavy atom. The van der Waals surface area contributed by atoms with Gasteiger partial charge in [-0.15, -0.1) is 11.3 Å². The Balaban J connectivity index is 2.21. The van der Waals surface area contributed by atoms with Crippen LogP contribution in [0.5, 0.6) is 0 Å². The zero-order chi connectivity index (χ0) is 12.3. The van der Waals surface area contributed by atoms with Gasteiger partial charge in [-0.25, -0.2) is 4.79 Å². The Morgan fingerprint density at radius 1 is 1.35 bits per heavy atom. The van der Waals surface area contributed by atoms with Crippen LogP contribution in [0.15, 0.2) is 41.4 Å². The Bertz CT molecular complexity index is 577. The van der Waals surface area contributed by atoms with E-state index < -0.39 is 5.97 Å². The van der Waals surface area contributed by atoms with Gasteiger partial charge in [0.1, 0.15) is 0 Å². The molecular formula is C12H8ClNO2S. The second-order valence-electron chi connectivity index (χ2n) is 3.26. The van der Waals surface area contributed by atoms with Crippen molar-refractivity contribution in [3.63, 3.8) is 0 Å². The minimum absolute atomic E-state index is 0.226.